The van der Waals surface area contributed by atoms with Gasteiger partial charge in [-0.15, -0.1) is 34.2 Å². The fourth-order valence-corrected chi connectivity index (χ4v) is 2.29. The molecule has 7 nitrogen and oxygen atoms in total. The zero-order chi connectivity index (χ0) is 16.4. The van der Waals surface area contributed by atoms with Crippen molar-refractivity contribution in [1.82, 2.24) is 30.3 Å². The van der Waals surface area contributed by atoms with Crippen molar-refractivity contribution < 1.29 is 0 Å². The lowest BCUT2D eigenvalue weighted by Crippen LogP contribution is -2.42. The molecule has 1 atom stereocenters. The van der Waals surface area contributed by atoms with Gasteiger partial charge in [-0.2, -0.15) is 0 Å². The molecule has 1 rings (SSSR count). The van der Waals surface area contributed by atoms with Gasteiger partial charge in [0.15, 0.2) is 11.8 Å². The number of hydrogen-bond acceptors (Lipinski definition) is 4. The lowest BCUT2D eigenvalue weighted by Gasteiger charge is -2.21. The highest BCUT2D eigenvalue weighted by atomic mass is 127. The van der Waals surface area contributed by atoms with Gasteiger partial charge in [0, 0.05) is 20.1 Å². The minimum atomic E-state index is 0. The summed E-state index contributed by atoms with van der Waals surface area (Å²) < 4.78 is 1.90. The van der Waals surface area contributed by atoms with Crippen LogP contribution in [0.25, 0.3) is 0 Å². The molecule has 8 heteroatoms. The number of hydrogen-bond donors (Lipinski definition) is 2. The Morgan fingerprint density at radius 1 is 1.39 bits per heavy atom. The van der Waals surface area contributed by atoms with E-state index in [1.165, 1.54) is 6.42 Å². The molecule has 0 aliphatic heterocycles. The molecule has 0 radical (unpaired) electrons. The van der Waals surface area contributed by atoms with E-state index in [-0.39, 0.29) is 24.0 Å². The normalized spacial score (nSPS) is 12.9. The molecule has 0 fully saturated rings. The van der Waals surface area contributed by atoms with Crippen molar-refractivity contribution >= 4 is 29.9 Å². The number of nitrogens with zero attached hydrogens (tertiary/aromatic N) is 5. The highest BCUT2D eigenvalue weighted by molar-refractivity contribution is 14.0. The van der Waals surface area contributed by atoms with E-state index in [2.05, 4.69) is 51.5 Å². The van der Waals surface area contributed by atoms with Gasteiger partial charge in [0.1, 0.15) is 6.33 Å². The number of aromatic nitrogens is 3. The molecule has 0 bridgehead atoms. The summed E-state index contributed by atoms with van der Waals surface area (Å²) in [6, 6.07) is 0.390. The Morgan fingerprint density at radius 3 is 2.61 bits per heavy atom. The van der Waals surface area contributed by atoms with Crippen LogP contribution in [0.3, 0.4) is 0 Å². The Hall–Kier alpha value is -0.900. The molecule has 1 unspecified atom stereocenters. The molecule has 2 N–H and O–H groups in total. The number of guanidine groups is 1. The minimum absolute atomic E-state index is 0. The predicted molar refractivity (Wildman–Crippen MR) is 106 cm³/mol. The summed E-state index contributed by atoms with van der Waals surface area (Å²) in [5, 5.41) is 14.6. The molecule has 1 aromatic rings. The van der Waals surface area contributed by atoms with Crippen LogP contribution in [0.4, 0.5) is 0 Å². The quantitative estimate of drug-likeness (QED) is 0.349. The van der Waals surface area contributed by atoms with Crippen LogP contribution >= 0.6 is 24.0 Å². The summed E-state index contributed by atoms with van der Waals surface area (Å²) in [7, 11) is 3.72. The van der Waals surface area contributed by atoms with Crippen molar-refractivity contribution in [2.45, 2.75) is 46.2 Å². The maximum atomic E-state index is 4.26. The maximum absolute atomic E-state index is 4.26. The molecule has 0 aliphatic carbocycles. The summed E-state index contributed by atoms with van der Waals surface area (Å²) in [5.41, 5.74) is 0. The number of aryl methyl sites for hydroxylation is 1. The Morgan fingerprint density at radius 2 is 2.09 bits per heavy atom. The molecule has 0 aromatic carbocycles. The third-order valence-electron chi connectivity index (χ3n) is 3.83. The van der Waals surface area contributed by atoms with E-state index in [1.807, 2.05) is 11.6 Å². The van der Waals surface area contributed by atoms with E-state index in [4.69, 9.17) is 0 Å². The van der Waals surface area contributed by atoms with Gasteiger partial charge in [0.2, 0.25) is 0 Å². The second kappa shape index (κ2) is 12.5. The lowest BCUT2D eigenvalue weighted by molar-refractivity contribution is 0.292. The van der Waals surface area contributed by atoms with Crippen LogP contribution in [-0.4, -0.2) is 58.3 Å². The first-order valence-electron chi connectivity index (χ1n) is 8.13. The topological polar surface area (TPSA) is 70.4 Å². The van der Waals surface area contributed by atoms with Crippen LogP contribution in [0.5, 0.6) is 0 Å². The van der Waals surface area contributed by atoms with Gasteiger partial charge in [-0.25, -0.2) is 0 Å². The monoisotopic (exact) mass is 437 g/mol. The first-order chi connectivity index (χ1) is 10.6. The van der Waals surface area contributed by atoms with Gasteiger partial charge in [0.05, 0.1) is 6.54 Å². The summed E-state index contributed by atoms with van der Waals surface area (Å²) >= 11 is 0. The summed E-state index contributed by atoms with van der Waals surface area (Å²) in [6.07, 6.45) is 4.01. The SMILES string of the molecule is CCN(CC)CCCC(C)NC(=NC)NCc1nncn1C.I. The Balaban J connectivity index is 0.00000484. The largest absolute Gasteiger partial charge is 0.354 e. The van der Waals surface area contributed by atoms with E-state index in [0.717, 1.165) is 37.8 Å². The third kappa shape index (κ3) is 8.50. The molecular formula is C15H32IN7. The number of rotatable bonds is 9. The van der Waals surface area contributed by atoms with E-state index in [0.29, 0.717) is 12.6 Å². The Bertz CT molecular complexity index is 443. The van der Waals surface area contributed by atoms with Gasteiger partial charge >= 0.3 is 0 Å². The fraction of sp³-hybridized carbons (Fsp3) is 0.800. The Kier molecular flexibility index (Phi) is 12.0. The number of aliphatic imine (C=N–C) groups is 1. The van der Waals surface area contributed by atoms with Crippen LogP contribution in [-0.2, 0) is 13.6 Å². The standard InChI is InChI=1S/C15H31N7.HI/c1-6-22(7-2)10-8-9-13(3)19-15(16-4)17-11-14-20-18-12-21(14)5;/h12-13H,6-11H2,1-5H3,(H2,16,17,19);1H. The van der Waals surface area contributed by atoms with Crippen LogP contribution < -0.4 is 10.6 Å². The lowest BCUT2D eigenvalue weighted by atomic mass is 10.2. The summed E-state index contributed by atoms with van der Waals surface area (Å²) in [4.78, 5) is 6.71. The van der Waals surface area contributed by atoms with Gasteiger partial charge < -0.3 is 20.1 Å². The third-order valence-corrected chi connectivity index (χ3v) is 3.83. The molecule has 1 aromatic heterocycles. The highest BCUT2D eigenvalue weighted by Gasteiger charge is 2.07. The van der Waals surface area contributed by atoms with Crippen molar-refractivity contribution in [2.24, 2.45) is 12.0 Å². The van der Waals surface area contributed by atoms with Gasteiger partial charge in [-0.3, -0.25) is 4.99 Å². The van der Waals surface area contributed by atoms with Gasteiger partial charge in [-0.1, -0.05) is 13.8 Å². The predicted octanol–water partition coefficient (Wildman–Crippen LogP) is 1.61. The van der Waals surface area contributed by atoms with Crippen molar-refractivity contribution in [2.75, 3.05) is 26.7 Å². The molecule has 0 amide bonds. The zero-order valence-electron chi connectivity index (χ0n) is 15.0. The fourth-order valence-electron chi connectivity index (χ4n) is 2.29. The number of halogens is 1. The second-order valence-corrected chi connectivity index (χ2v) is 5.50. The molecule has 134 valence electrons. The van der Waals surface area contributed by atoms with Crippen LogP contribution in [0.15, 0.2) is 11.3 Å². The van der Waals surface area contributed by atoms with Crippen LogP contribution in [0, 0.1) is 0 Å². The van der Waals surface area contributed by atoms with E-state index < -0.39 is 0 Å². The van der Waals surface area contributed by atoms with E-state index in [9.17, 15) is 0 Å². The molecule has 23 heavy (non-hydrogen) atoms. The van der Waals surface area contributed by atoms with Gasteiger partial charge in [0.25, 0.3) is 0 Å². The smallest absolute Gasteiger partial charge is 0.191 e. The van der Waals surface area contributed by atoms with Gasteiger partial charge in [-0.05, 0) is 39.4 Å². The summed E-state index contributed by atoms with van der Waals surface area (Å²) in [5.74, 6) is 1.69. The molecule has 0 spiro atoms. The van der Waals surface area contributed by atoms with Crippen molar-refractivity contribution in [3.8, 4) is 0 Å². The minimum Gasteiger partial charge on any atom is -0.354 e. The average molecular weight is 437 g/mol. The Labute approximate surface area is 157 Å². The molecule has 0 saturated carbocycles. The molecular weight excluding hydrogens is 405 g/mol. The second-order valence-electron chi connectivity index (χ2n) is 5.50. The molecule has 0 aliphatic rings. The number of nitrogens with one attached hydrogen (secondary N) is 2. The molecule has 0 saturated heterocycles. The first kappa shape index (κ1) is 22.1. The molecule has 1 heterocycles. The zero-order valence-corrected chi connectivity index (χ0v) is 17.4. The first-order valence-corrected chi connectivity index (χ1v) is 8.13. The van der Waals surface area contributed by atoms with Crippen molar-refractivity contribution in [3.63, 3.8) is 0 Å². The van der Waals surface area contributed by atoms with Crippen LogP contribution in [0.1, 0.15) is 39.4 Å². The van der Waals surface area contributed by atoms with Crippen molar-refractivity contribution in [3.05, 3.63) is 12.2 Å². The van der Waals surface area contributed by atoms with E-state index in [1.54, 1.807) is 13.4 Å². The highest BCUT2D eigenvalue weighted by Crippen LogP contribution is 2.00. The van der Waals surface area contributed by atoms with E-state index >= 15 is 0 Å². The summed E-state index contributed by atoms with van der Waals surface area (Å²) in [6.45, 7) is 10.6. The van der Waals surface area contributed by atoms with Crippen molar-refractivity contribution in [1.29, 1.82) is 0 Å². The average Bonchev–Trinajstić information content (AvgIpc) is 2.93. The maximum Gasteiger partial charge on any atom is 0.191 e. The van der Waals surface area contributed by atoms with Crippen LogP contribution in [0.2, 0.25) is 0 Å².